The number of rotatable bonds is 4. The Morgan fingerprint density at radius 2 is 1.62 bits per heavy atom. The first-order chi connectivity index (χ1) is 7.52. The second-order valence-corrected chi connectivity index (χ2v) is 3.97. The Bertz CT molecular complexity index is 392. The van der Waals surface area contributed by atoms with Gasteiger partial charge >= 0.3 is 0 Å². The normalized spacial score (nSPS) is 9.94. The van der Waals surface area contributed by atoms with Crippen LogP contribution in [0.4, 0.5) is 0 Å². The summed E-state index contributed by atoms with van der Waals surface area (Å²) < 4.78 is 0. The van der Waals surface area contributed by atoms with Gasteiger partial charge in [0.2, 0.25) is 0 Å². The van der Waals surface area contributed by atoms with Crippen molar-refractivity contribution >= 4 is 5.91 Å². The van der Waals surface area contributed by atoms with Gasteiger partial charge in [-0.05, 0) is 26.0 Å². The highest BCUT2D eigenvalue weighted by molar-refractivity contribution is 5.94. The second kappa shape index (κ2) is 5.31. The SMILES string of the molecule is C=C(C)C(NC(=O)c1ccccc1)C(=C)C. The predicted molar refractivity (Wildman–Crippen MR) is 67.3 cm³/mol. The Balaban J connectivity index is 2.77. The third-order valence-electron chi connectivity index (χ3n) is 2.30. The van der Waals surface area contributed by atoms with Gasteiger partial charge < -0.3 is 5.32 Å². The molecule has 0 fully saturated rings. The Labute approximate surface area is 96.7 Å². The van der Waals surface area contributed by atoms with Gasteiger partial charge in [0.25, 0.3) is 5.91 Å². The molecule has 2 nitrogen and oxygen atoms in total. The highest BCUT2D eigenvalue weighted by atomic mass is 16.1. The average molecular weight is 215 g/mol. The quantitative estimate of drug-likeness (QED) is 0.769. The van der Waals surface area contributed by atoms with Crippen molar-refractivity contribution in [2.24, 2.45) is 0 Å². The molecule has 0 heterocycles. The van der Waals surface area contributed by atoms with Gasteiger partial charge in [-0.25, -0.2) is 0 Å². The molecule has 1 aromatic carbocycles. The van der Waals surface area contributed by atoms with Gasteiger partial charge in [0.15, 0.2) is 0 Å². The monoisotopic (exact) mass is 215 g/mol. The van der Waals surface area contributed by atoms with Gasteiger partial charge in [-0.1, -0.05) is 42.5 Å². The van der Waals surface area contributed by atoms with E-state index < -0.39 is 0 Å². The molecule has 84 valence electrons. The number of carbonyl (C=O) groups is 1. The summed E-state index contributed by atoms with van der Waals surface area (Å²) in [5, 5.41) is 2.89. The fourth-order valence-corrected chi connectivity index (χ4v) is 1.47. The lowest BCUT2D eigenvalue weighted by Gasteiger charge is -2.19. The van der Waals surface area contributed by atoms with Crippen molar-refractivity contribution in [2.45, 2.75) is 19.9 Å². The third-order valence-corrected chi connectivity index (χ3v) is 2.30. The lowest BCUT2D eigenvalue weighted by Crippen LogP contribution is -2.36. The van der Waals surface area contributed by atoms with Crippen molar-refractivity contribution < 1.29 is 4.79 Å². The first-order valence-corrected chi connectivity index (χ1v) is 5.19. The Kier molecular flexibility index (Phi) is 4.06. The first-order valence-electron chi connectivity index (χ1n) is 5.19. The van der Waals surface area contributed by atoms with E-state index in [0.717, 1.165) is 11.1 Å². The molecule has 16 heavy (non-hydrogen) atoms. The van der Waals surface area contributed by atoms with Gasteiger partial charge in [-0.15, -0.1) is 0 Å². The molecule has 0 unspecified atom stereocenters. The minimum atomic E-state index is -0.160. The zero-order chi connectivity index (χ0) is 12.1. The zero-order valence-corrected chi connectivity index (χ0v) is 9.79. The average Bonchev–Trinajstić information content (AvgIpc) is 2.25. The van der Waals surface area contributed by atoms with Crippen molar-refractivity contribution in [3.8, 4) is 0 Å². The summed E-state index contributed by atoms with van der Waals surface area (Å²) in [4.78, 5) is 11.9. The molecular weight excluding hydrogens is 198 g/mol. The van der Waals surface area contributed by atoms with Crippen LogP contribution in [0.25, 0.3) is 0 Å². The van der Waals surface area contributed by atoms with Crippen LogP contribution in [0, 0.1) is 0 Å². The highest BCUT2D eigenvalue weighted by Gasteiger charge is 2.14. The van der Waals surface area contributed by atoms with Crippen molar-refractivity contribution in [3.63, 3.8) is 0 Å². The van der Waals surface area contributed by atoms with E-state index in [1.165, 1.54) is 0 Å². The van der Waals surface area contributed by atoms with Crippen LogP contribution < -0.4 is 5.32 Å². The summed E-state index contributed by atoms with van der Waals surface area (Å²) in [7, 11) is 0. The molecule has 1 rings (SSSR count). The van der Waals surface area contributed by atoms with Crippen molar-refractivity contribution in [2.75, 3.05) is 0 Å². The van der Waals surface area contributed by atoms with Crippen LogP contribution in [0.3, 0.4) is 0 Å². The summed E-state index contributed by atoms with van der Waals surface area (Å²) >= 11 is 0. The smallest absolute Gasteiger partial charge is 0.252 e. The molecule has 1 amide bonds. The third kappa shape index (κ3) is 3.09. The number of benzene rings is 1. The van der Waals surface area contributed by atoms with Crippen molar-refractivity contribution in [1.29, 1.82) is 0 Å². The maximum Gasteiger partial charge on any atom is 0.252 e. The Morgan fingerprint density at radius 3 is 2.06 bits per heavy atom. The van der Waals surface area contributed by atoms with E-state index in [2.05, 4.69) is 18.5 Å². The summed E-state index contributed by atoms with van der Waals surface area (Å²) in [5.41, 5.74) is 2.42. The van der Waals surface area contributed by atoms with Gasteiger partial charge in [-0.2, -0.15) is 0 Å². The molecule has 0 aliphatic heterocycles. The van der Waals surface area contributed by atoms with Gasteiger partial charge in [0.05, 0.1) is 6.04 Å². The van der Waals surface area contributed by atoms with Crippen LogP contribution in [0.1, 0.15) is 24.2 Å². The molecule has 0 aliphatic rings. The summed E-state index contributed by atoms with van der Waals surface area (Å²) in [6.45, 7) is 11.5. The summed E-state index contributed by atoms with van der Waals surface area (Å²) in [5.74, 6) is -0.100. The molecule has 0 saturated heterocycles. The van der Waals surface area contributed by atoms with E-state index in [-0.39, 0.29) is 11.9 Å². The maximum atomic E-state index is 11.9. The molecule has 1 N–H and O–H groups in total. The van der Waals surface area contributed by atoms with Crippen LogP contribution in [-0.2, 0) is 0 Å². The number of hydrogen-bond donors (Lipinski definition) is 1. The van der Waals surface area contributed by atoms with E-state index in [1.54, 1.807) is 12.1 Å². The van der Waals surface area contributed by atoms with E-state index in [1.807, 2.05) is 32.0 Å². The number of carbonyl (C=O) groups excluding carboxylic acids is 1. The fraction of sp³-hybridized carbons (Fsp3) is 0.214. The molecule has 0 aromatic heterocycles. The topological polar surface area (TPSA) is 29.1 Å². The standard InChI is InChI=1S/C14H17NO/c1-10(2)13(11(3)4)15-14(16)12-8-6-5-7-9-12/h5-9,13H,1,3H2,2,4H3,(H,15,16). The zero-order valence-electron chi connectivity index (χ0n) is 9.79. The molecule has 1 aromatic rings. The van der Waals surface area contributed by atoms with Gasteiger partial charge in [-0.3, -0.25) is 4.79 Å². The van der Waals surface area contributed by atoms with Crippen LogP contribution in [0.5, 0.6) is 0 Å². The summed E-state index contributed by atoms with van der Waals surface area (Å²) in [6, 6.07) is 8.96. The van der Waals surface area contributed by atoms with E-state index >= 15 is 0 Å². The first kappa shape index (κ1) is 12.2. The van der Waals surface area contributed by atoms with Crippen molar-refractivity contribution in [1.82, 2.24) is 5.32 Å². The van der Waals surface area contributed by atoms with Crippen LogP contribution >= 0.6 is 0 Å². The van der Waals surface area contributed by atoms with Gasteiger partial charge in [0.1, 0.15) is 0 Å². The van der Waals surface area contributed by atoms with E-state index in [0.29, 0.717) is 5.56 Å². The summed E-state index contributed by atoms with van der Waals surface area (Å²) in [6.07, 6.45) is 0. The van der Waals surface area contributed by atoms with E-state index in [4.69, 9.17) is 0 Å². The Hall–Kier alpha value is -1.83. The Morgan fingerprint density at radius 1 is 1.12 bits per heavy atom. The maximum absolute atomic E-state index is 11.9. The largest absolute Gasteiger partial charge is 0.342 e. The minimum Gasteiger partial charge on any atom is -0.342 e. The van der Waals surface area contributed by atoms with Crippen LogP contribution in [-0.4, -0.2) is 11.9 Å². The number of nitrogens with one attached hydrogen (secondary N) is 1. The lowest BCUT2D eigenvalue weighted by molar-refractivity contribution is 0.0947. The number of hydrogen-bond acceptors (Lipinski definition) is 1. The van der Waals surface area contributed by atoms with Crippen LogP contribution in [0.15, 0.2) is 54.6 Å². The van der Waals surface area contributed by atoms with E-state index in [9.17, 15) is 4.79 Å². The second-order valence-electron chi connectivity index (χ2n) is 3.97. The molecule has 0 atom stereocenters. The highest BCUT2D eigenvalue weighted by Crippen LogP contribution is 2.09. The fourth-order valence-electron chi connectivity index (χ4n) is 1.47. The molecule has 2 heteroatoms. The molecule has 0 aliphatic carbocycles. The molecule has 0 radical (unpaired) electrons. The molecule has 0 bridgehead atoms. The van der Waals surface area contributed by atoms with Gasteiger partial charge in [0, 0.05) is 5.56 Å². The molecule has 0 spiro atoms. The molecule has 0 saturated carbocycles. The number of amides is 1. The minimum absolute atomic E-state index is 0.100. The molecular formula is C14H17NO. The predicted octanol–water partition coefficient (Wildman–Crippen LogP) is 2.94. The van der Waals surface area contributed by atoms with Crippen molar-refractivity contribution in [3.05, 3.63) is 60.2 Å². The van der Waals surface area contributed by atoms with Crippen LogP contribution in [0.2, 0.25) is 0 Å². The lowest BCUT2D eigenvalue weighted by atomic mass is 10.0.